The van der Waals surface area contributed by atoms with Crippen molar-refractivity contribution in [3.05, 3.63) is 30.1 Å². The summed E-state index contributed by atoms with van der Waals surface area (Å²) in [5.74, 6) is 0. The summed E-state index contributed by atoms with van der Waals surface area (Å²) in [5, 5.41) is 2.45. The highest BCUT2D eigenvalue weighted by Crippen LogP contribution is 2.10. The largest absolute Gasteiger partial charge is 0.444 e. The van der Waals surface area contributed by atoms with E-state index in [-0.39, 0.29) is 0 Å². The SMILES string of the molecule is CC(C)(C)OC(=O)NC(C=O)c1ccccn1. The van der Waals surface area contributed by atoms with Crippen LogP contribution in [0.2, 0.25) is 0 Å². The van der Waals surface area contributed by atoms with E-state index < -0.39 is 17.7 Å². The van der Waals surface area contributed by atoms with Gasteiger partial charge in [-0.1, -0.05) is 6.07 Å². The average Bonchev–Trinajstić information content (AvgIpc) is 2.24. The number of nitrogens with one attached hydrogen (secondary N) is 1. The van der Waals surface area contributed by atoms with Gasteiger partial charge in [-0.3, -0.25) is 4.98 Å². The second-order valence-corrected chi connectivity index (χ2v) is 4.51. The first-order chi connectivity index (χ1) is 7.92. The van der Waals surface area contributed by atoms with Crippen molar-refractivity contribution >= 4 is 12.4 Å². The lowest BCUT2D eigenvalue weighted by atomic mass is 10.2. The third-order valence-corrected chi connectivity index (χ3v) is 1.81. The molecule has 1 heterocycles. The van der Waals surface area contributed by atoms with Gasteiger partial charge in [-0.2, -0.15) is 0 Å². The van der Waals surface area contributed by atoms with Gasteiger partial charge in [-0.15, -0.1) is 0 Å². The van der Waals surface area contributed by atoms with Crippen LogP contribution in [0.25, 0.3) is 0 Å². The van der Waals surface area contributed by atoms with Gasteiger partial charge in [0.1, 0.15) is 17.9 Å². The van der Waals surface area contributed by atoms with Crippen LogP contribution >= 0.6 is 0 Å². The Morgan fingerprint density at radius 1 is 1.47 bits per heavy atom. The number of aldehydes is 1. The number of carbonyl (C=O) groups is 2. The van der Waals surface area contributed by atoms with Crippen molar-refractivity contribution in [1.82, 2.24) is 10.3 Å². The van der Waals surface area contributed by atoms with Crippen molar-refractivity contribution in [2.75, 3.05) is 0 Å². The highest BCUT2D eigenvalue weighted by molar-refractivity contribution is 5.74. The predicted octanol–water partition coefficient (Wildman–Crippen LogP) is 1.85. The minimum absolute atomic E-state index is 0.480. The lowest BCUT2D eigenvalue weighted by molar-refractivity contribution is -0.109. The molecule has 0 radical (unpaired) electrons. The summed E-state index contributed by atoms with van der Waals surface area (Å²) in [4.78, 5) is 26.4. The summed E-state index contributed by atoms with van der Waals surface area (Å²) >= 11 is 0. The molecule has 1 amide bonds. The van der Waals surface area contributed by atoms with Crippen molar-refractivity contribution in [1.29, 1.82) is 0 Å². The molecule has 17 heavy (non-hydrogen) atoms. The molecule has 1 unspecified atom stereocenters. The van der Waals surface area contributed by atoms with E-state index in [1.54, 1.807) is 45.2 Å². The smallest absolute Gasteiger partial charge is 0.408 e. The Morgan fingerprint density at radius 2 is 2.18 bits per heavy atom. The standard InChI is InChI=1S/C12H16N2O3/c1-12(2,3)17-11(16)14-10(8-15)9-6-4-5-7-13-9/h4-8,10H,1-3H3,(H,14,16). The molecule has 0 aromatic carbocycles. The summed E-state index contributed by atoms with van der Waals surface area (Å²) in [6.45, 7) is 5.26. The first-order valence-corrected chi connectivity index (χ1v) is 5.28. The average molecular weight is 236 g/mol. The van der Waals surface area contributed by atoms with E-state index in [9.17, 15) is 9.59 Å². The number of nitrogens with zero attached hydrogens (tertiary/aromatic N) is 1. The predicted molar refractivity (Wildman–Crippen MR) is 62.4 cm³/mol. The maximum absolute atomic E-state index is 11.5. The summed E-state index contributed by atoms with van der Waals surface area (Å²) < 4.78 is 5.05. The van der Waals surface area contributed by atoms with Crippen molar-refractivity contribution in [2.24, 2.45) is 0 Å². The van der Waals surface area contributed by atoms with Crippen LogP contribution in [0.3, 0.4) is 0 Å². The topological polar surface area (TPSA) is 68.3 Å². The van der Waals surface area contributed by atoms with E-state index in [1.165, 1.54) is 0 Å². The molecule has 1 N–H and O–H groups in total. The highest BCUT2D eigenvalue weighted by Gasteiger charge is 2.20. The number of aromatic nitrogens is 1. The fourth-order valence-corrected chi connectivity index (χ4v) is 1.17. The van der Waals surface area contributed by atoms with Crippen LogP contribution in [-0.2, 0) is 9.53 Å². The molecule has 92 valence electrons. The molecule has 5 heteroatoms. The van der Waals surface area contributed by atoms with Gasteiger partial charge in [0.05, 0.1) is 5.69 Å². The molecule has 0 fully saturated rings. The maximum Gasteiger partial charge on any atom is 0.408 e. The van der Waals surface area contributed by atoms with Crippen molar-refractivity contribution < 1.29 is 14.3 Å². The van der Waals surface area contributed by atoms with Gasteiger partial charge in [0.25, 0.3) is 0 Å². The molecular formula is C12H16N2O3. The van der Waals surface area contributed by atoms with Gasteiger partial charge in [0, 0.05) is 6.20 Å². The van der Waals surface area contributed by atoms with E-state index in [2.05, 4.69) is 10.3 Å². The van der Waals surface area contributed by atoms with Crippen molar-refractivity contribution in [3.8, 4) is 0 Å². The summed E-state index contributed by atoms with van der Waals surface area (Å²) in [5.41, 5.74) is -0.116. The van der Waals surface area contributed by atoms with Gasteiger partial charge in [-0.05, 0) is 32.9 Å². The summed E-state index contributed by atoms with van der Waals surface area (Å²) in [6.07, 6.45) is 1.54. The van der Waals surface area contributed by atoms with Crippen LogP contribution in [0.5, 0.6) is 0 Å². The van der Waals surface area contributed by atoms with Gasteiger partial charge < -0.3 is 14.8 Å². The van der Waals surface area contributed by atoms with Gasteiger partial charge in [0.15, 0.2) is 0 Å². The molecule has 0 aliphatic rings. The molecule has 0 saturated carbocycles. The maximum atomic E-state index is 11.5. The van der Waals surface area contributed by atoms with Crippen LogP contribution in [0.15, 0.2) is 24.4 Å². The second kappa shape index (κ2) is 5.43. The number of alkyl carbamates (subject to hydrolysis) is 1. The molecule has 0 saturated heterocycles. The Hall–Kier alpha value is -1.91. The van der Waals surface area contributed by atoms with Crippen molar-refractivity contribution in [2.45, 2.75) is 32.4 Å². The molecule has 0 spiro atoms. The fraction of sp³-hybridized carbons (Fsp3) is 0.417. The molecular weight excluding hydrogens is 220 g/mol. The van der Waals surface area contributed by atoms with Gasteiger partial charge in [-0.25, -0.2) is 4.79 Å². The zero-order chi connectivity index (χ0) is 12.9. The monoisotopic (exact) mass is 236 g/mol. The Labute approximate surface area is 100 Å². The zero-order valence-electron chi connectivity index (χ0n) is 10.1. The number of amides is 1. The Kier molecular flexibility index (Phi) is 4.20. The first-order valence-electron chi connectivity index (χ1n) is 5.28. The quantitative estimate of drug-likeness (QED) is 0.813. The van der Waals surface area contributed by atoms with Crippen LogP contribution in [-0.4, -0.2) is 23.0 Å². The van der Waals surface area contributed by atoms with E-state index in [0.717, 1.165) is 0 Å². The lowest BCUT2D eigenvalue weighted by Crippen LogP contribution is -2.35. The number of hydrogen-bond acceptors (Lipinski definition) is 4. The van der Waals surface area contributed by atoms with E-state index >= 15 is 0 Å². The minimum atomic E-state index is -0.786. The van der Waals surface area contributed by atoms with Gasteiger partial charge in [0.2, 0.25) is 0 Å². The van der Waals surface area contributed by atoms with E-state index in [4.69, 9.17) is 4.74 Å². The van der Waals surface area contributed by atoms with Crippen molar-refractivity contribution in [3.63, 3.8) is 0 Å². The number of hydrogen-bond donors (Lipinski definition) is 1. The van der Waals surface area contributed by atoms with Crippen LogP contribution < -0.4 is 5.32 Å². The van der Waals surface area contributed by atoms with Gasteiger partial charge >= 0.3 is 6.09 Å². The molecule has 1 aromatic heterocycles. The Balaban J connectivity index is 2.66. The highest BCUT2D eigenvalue weighted by atomic mass is 16.6. The van der Waals surface area contributed by atoms with E-state index in [1.807, 2.05) is 0 Å². The number of ether oxygens (including phenoxy) is 1. The summed E-state index contributed by atoms with van der Waals surface area (Å²) in [6, 6.07) is 4.36. The van der Waals surface area contributed by atoms with Crippen LogP contribution in [0.1, 0.15) is 32.5 Å². The molecule has 1 rings (SSSR count). The van der Waals surface area contributed by atoms with Crippen LogP contribution in [0, 0.1) is 0 Å². The van der Waals surface area contributed by atoms with Crippen LogP contribution in [0.4, 0.5) is 4.79 Å². The first kappa shape index (κ1) is 13.2. The molecule has 1 aromatic rings. The molecule has 0 bridgehead atoms. The third-order valence-electron chi connectivity index (χ3n) is 1.81. The lowest BCUT2D eigenvalue weighted by Gasteiger charge is -2.21. The normalized spacial score (nSPS) is 12.6. The number of carbonyl (C=O) groups excluding carboxylic acids is 2. The fourth-order valence-electron chi connectivity index (χ4n) is 1.17. The number of pyridine rings is 1. The summed E-state index contributed by atoms with van der Waals surface area (Å²) in [7, 11) is 0. The Bertz CT molecular complexity index is 384. The Morgan fingerprint density at radius 3 is 2.65 bits per heavy atom. The zero-order valence-corrected chi connectivity index (χ0v) is 10.1. The second-order valence-electron chi connectivity index (χ2n) is 4.51. The number of rotatable bonds is 3. The molecule has 0 aliphatic heterocycles. The molecule has 5 nitrogen and oxygen atoms in total. The minimum Gasteiger partial charge on any atom is -0.444 e. The molecule has 0 aliphatic carbocycles. The van der Waals surface area contributed by atoms with E-state index in [0.29, 0.717) is 12.0 Å². The third kappa shape index (κ3) is 4.63. The molecule has 1 atom stereocenters.